The van der Waals surface area contributed by atoms with Crippen LogP contribution in [-0.2, 0) is 11.3 Å². The molecule has 2 aromatic heterocycles. The number of fused-ring (bicyclic) bond motifs is 2. The van der Waals surface area contributed by atoms with E-state index in [1.54, 1.807) is 18.5 Å². The molecule has 222 valence electrons. The van der Waals surface area contributed by atoms with Crippen molar-refractivity contribution in [2.24, 2.45) is 11.7 Å². The lowest BCUT2D eigenvalue weighted by Crippen LogP contribution is -2.47. The van der Waals surface area contributed by atoms with Crippen LogP contribution in [-0.4, -0.2) is 82.3 Å². The van der Waals surface area contributed by atoms with E-state index in [0.717, 1.165) is 75.6 Å². The van der Waals surface area contributed by atoms with E-state index in [-0.39, 0.29) is 12.0 Å². The number of amides is 1. The number of ether oxygens (including phenoxy) is 2. The molecule has 0 radical (unpaired) electrons. The van der Waals surface area contributed by atoms with Crippen LogP contribution >= 0.6 is 23.2 Å². The van der Waals surface area contributed by atoms with E-state index in [4.69, 9.17) is 43.4 Å². The van der Waals surface area contributed by atoms with Crippen LogP contribution in [0.4, 0.5) is 10.7 Å². The number of nitrogens with two attached hydrogens (primary N) is 1. The number of halogens is 2. The van der Waals surface area contributed by atoms with Crippen molar-refractivity contribution in [1.29, 1.82) is 0 Å². The van der Waals surface area contributed by atoms with Crippen molar-refractivity contribution in [2.45, 2.75) is 44.9 Å². The molecule has 0 saturated carbocycles. The minimum absolute atomic E-state index is 0.193. The van der Waals surface area contributed by atoms with Crippen LogP contribution in [0.5, 0.6) is 11.6 Å². The molecular weight excluding hydrogens is 577 g/mol. The maximum absolute atomic E-state index is 11.2. The van der Waals surface area contributed by atoms with Crippen LogP contribution in [0.1, 0.15) is 31.7 Å². The van der Waals surface area contributed by atoms with Crippen molar-refractivity contribution in [3.05, 3.63) is 58.3 Å². The first-order valence-electron chi connectivity index (χ1n) is 14.4. The molecule has 10 nitrogen and oxygen atoms in total. The second-order valence-corrected chi connectivity index (χ2v) is 12.2. The summed E-state index contributed by atoms with van der Waals surface area (Å²) in [5.41, 5.74) is 7.77. The van der Waals surface area contributed by atoms with E-state index in [1.807, 2.05) is 31.2 Å². The minimum atomic E-state index is -0.723. The van der Waals surface area contributed by atoms with E-state index in [9.17, 15) is 4.79 Å². The van der Waals surface area contributed by atoms with Gasteiger partial charge in [-0.25, -0.2) is 19.7 Å². The minimum Gasteiger partial charge on any atom is -0.446 e. The second-order valence-electron chi connectivity index (χ2n) is 11.4. The number of carbonyl (C=O) groups excluding carboxylic acids is 1. The number of nitrogens with zero attached hydrogens (tertiary/aromatic N) is 6. The molecule has 0 aliphatic carbocycles. The maximum atomic E-state index is 11.2. The van der Waals surface area contributed by atoms with Gasteiger partial charge in [0.05, 0.1) is 18.1 Å². The third-order valence-electron chi connectivity index (χ3n) is 8.46. The van der Waals surface area contributed by atoms with Crippen molar-refractivity contribution in [3.8, 4) is 22.9 Å². The number of hydrogen-bond donors (Lipinski definition) is 1. The zero-order valence-corrected chi connectivity index (χ0v) is 25.1. The fourth-order valence-corrected chi connectivity index (χ4v) is 6.79. The summed E-state index contributed by atoms with van der Waals surface area (Å²) in [6, 6.07) is 9.85. The fourth-order valence-electron chi connectivity index (χ4n) is 6.27. The summed E-state index contributed by atoms with van der Waals surface area (Å²) in [7, 11) is 0. The van der Waals surface area contributed by atoms with Crippen LogP contribution in [0.2, 0.25) is 10.0 Å². The lowest BCUT2D eigenvalue weighted by molar-refractivity contribution is 0.0478. The van der Waals surface area contributed by atoms with E-state index in [0.29, 0.717) is 40.0 Å². The summed E-state index contributed by atoms with van der Waals surface area (Å²) in [6.07, 6.45) is 5.49. The number of benzene rings is 1. The van der Waals surface area contributed by atoms with Crippen LogP contribution in [0.25, 0.3) is 11.3 Å². The Hall–Kier alpha value is -3.18. The SMILES string of the molecule is CC(OC(N)=O)C1CCN(Cc2cc(Oc3cnc(N4CCN5CCC4C5)nc3)nc(-c3cc(Cl)cc(Cl)c3)c2)CC1. The molecule has 2 N–H and O–H groups in total. The Balaban J connectivity index is 1.19. The second kappa shape index (κ2) is 12.6. The van der Waals surface area contributed by atoms with Crippen molar-refractivity contribution >= 4 is 35.2 Å². The van der Waals surface area contributed by atoms with Gasteiger partial charge in [0.25, 0.3) is 0 Å². The van der Waals surface area contributed by atoms with E-state index in [2.05, 4.69) is 24.7 Å². The van der Waals surface area contributed by atoms with Gasteiger partial charge in [-0.1, -0.05) is 23.2 Å². The first-order valence-corrected chi connectivity index (χ1v) is 15.2. The average Bonchev–Trinajstić information content (AvgIpc) is 3.33. The number of anilines is 1. The highest BCUT2D eigenvalue weighted by molar-refractivity contribution is 6.35. The standard InChI is InChI=1S/C30H35Cl2N7O3/c1-19(41-29(33)40)21-2-5-37(6-3-21)17-20-10-27(22-12-23(31)14-24(32)13-22)36-28(11-20)42-26-15-34-30(35-16-26)39-9-8-38-7-4-25(39)18-38/h10-16,19,21,25H,2-9,17-18H2,1H3,(H2,33,40). The molecule has 5 heterocycles. The van der Waals surface area contributed by atoms with Gasteiger partial charge in [0.2, 0.25) is 11.8 Å². The summed E-state index contributed by atoms with van der Waals surface area (Å²) in [6.45, 7) is 8.57. The van der Waals surface area contributed by atoms with E-state index >= 15 is 0 Å². The molecular formula is C30H35Cl2N7O3. The van der Waals surface area contributed by atoms with Crippen molar-refractivity contribution in [1.82, 2.24) is 24.8 Å². The molecule has 0 spiro atoms. The highest BCUT2D eigenvalue weighted by Gasteiger charge is 2.33. The number of aromatic nitrogens is 3. The molecule has 1 aromatic carbocycles. The first kappa shape index (κ1) is 28.9. The average molecular weight is 613 g/mol. The predicted octanol–water partition coefficient (Wildman–Crippen LogP) is 5.23. The summed E-state index contributed by atoms with van der Waals surface area (Å²) < 4.78 is 11.4. The largest absolute Gasteiger partial charge is 0.446 e. The molecule has 3 aliphatic heterocycles. The van der Waals surface area contributed by atoms with Gasteiger partial charge in [0.1, 0.15) is 6.10 Å². The molecule has 3 unspecified atom stereocenters. The van der Waals surface area contributed by atoms with Gasteiger partial charge >= 0.3 is 6.09 Å². The van der Waals surface area contributed by atoms with E-state index in [1.165, 1.54) is 0 Å². The normalized spacial score (nSPS) is 21.7. The van der Waals surface area contributed by atoms with Gasteiger partial charge in [0.15, 0.2) is 5.75 Å². The number of hydrogen-bond acceptors (Lipinski definition) is 9. The smallest absolute Gasteiger partial charge is 0.404 e. The Morgan fingerprint density at radius 2 is 1.74 bits per heavy atom. The molecule has 3 fully saturated rings. The molecule has 6 rings (SSSR count). The molecule has 3 saturated heterocycles. The number of pyridine rings is 1. The number of likely N-dealkylation sites (tertiary alicyclic amines) is 1. The maximum Gasteiger partial charge on any atom is 0.404 e. The molecule has 3 aromatic rings. The van der Waals surface area contributed by atoms with Crippen molar-refractivity contribution in [3.63, 3.8) is 0 Å². The van der Waals surface area contributed by atoms with Crippen molar-refractivity contribution in [2.75, 3.05) is 44.2 Å². The lowest BCUT2D eigenvalue weighted by atomic mass is 9.92. The Morgan fingerprint density at radius 3 is 2.45 bits per heavy atom. The Labute approximate surface area is 255 Å². The number of piperazine rings is 1. The van der Waals surface area contributed by atoms with Gasteiger partial charge in [0, 0.05) is 60.4 Å². The fraction of sp³-hybridized carbons (Fsp3) is 0.467. The zero-order valence-electron chi connectivity index (χ0n) is 23.6. The number of rotatable bonds is 8. The summed E-state index contributed by atoms with van der Waals surface area (Å²) >= 11 is 12.6. The molecule has 3 aliphatic rings. The number of carbonyl (C=O) groups is 1. The van der Waals surface area contributed by atoms with Crippen LogP contribution in [0.15, 0.2) is 42.7 Å². The number of primary amides is 1. The Morgan fingerprint density at radius 1 is 1.00 bits per heavy atom. The molecule has 42 heavy (non-hydrogen) atoms. The summed E-state index contributed by atoms with van der Waals surface area (Å²) in [4.78, 5) is 32.4. The third-order valence-corrected chi connectivity index (χ3v) is 8.90. The molecule has 12 heteroatoms. The van der Waals surface area contributed by atoms with Gasteiger partial charge in [-0.15, -0.1) is 0 Å². The Bertz CT molecular complexity index is 1400. The van der Waals surface area contributed by atoms with Gasteiger partial charge < -0.3 is 20.1 Å². The van der Waals surface area contributed by atoms with E-state index < -0.39 is 6.09 Å². The van der Waals surface area contributed by atoms with Crippen LogP contribution in [0.3, 0.4) is 0 Å². The summed E-state index contributed by atoms with van der Waals surface area (Å²) in [5.74, 6) is 1.99. The third kappa shape index (κ3) is 6.89. The highest BCUT2D eigenvalue weighted by Crippen LogP contribution is 2.32. The summed E-state index contributed by atoms with van der Waals surface area (Å²) in [5, 5.41) is 1.07. The van der Waals surface area contributed by atoms with Crippen molar-refractivity contribution < 1.29 is 14.3 Å². The van der Waals surface area contributed by atoms with Gasteiger partial charge in [-0.2, -0.15) is 0 Å². The zero-order chi connectivity index (χ0) is 29.2. The first-order chi connectivity index (χ1) is 20.3. The van der Waals surface area contributed by atoms with Crippen LogP contribution in [0, 0.1) is 5.92 Å². The molecule has 3 atom stereocenters. The van der Waals surface area contributed by atoms with Gasteiger partial charge in [-0.3, -0.25) is 9.80 Å². The lowest BCUT2D eigenvalue weighted by Gasteiger charge is -2.34. The number of piperidine rings is 1. The monoisotopic (exact) mass is 611 g/mol. The Kier molecular flexibility index (Phi) is 8.67. The molecule has 1 amide bonds. The quantitative estimate of drug-likeness (QED) is 0.366. The van der Waals surface area contributed by atoms with Gasteiger partial charge in [-0.05, 0) is 75.0 Å². The predicted molar refractivity (Wildman–Crippen MR) is 162 cm³/mol. The topological polar surface area (TPSA) is 110 Å². The van der Waals surface area contributed by atoms with Crippen LogP contribution < -0.4 is 15.4 Å². The molecule has 2 bridgehead atoms. The highest BCUT2D eigenvalue weighted by atomic mass is 35.5.